The van der Waals surface area contributed by atoms with Crippen LogP contribution in [0.4, 0.5) is 0 Å². The zero-order valence-corrected chi connectivity index (χ0v) is 17.8. The number of aryl methyl sites for hydroxylation is 1. The first-order valence-corrected chi connectivity index (χ1v) is 9.10. The summed E-state index contributed by atoms with van der Waals surface area (Å²) in [5.74, 6) is 1.74. The largest absolute Gasteiger partial charge is 0.354 e. The van der Waals surface area contributed by atoms with Gasteiger partial charge in [0.25, 0.3) is 0 Å². The highest BCUT2D eigenvalue weighted by molar-refractivity contribution is 14.0. The monoisotopic (exact) mass is 455 g/mol. The maximum absolute atomic E-state index is 4.67. The molecule has 2 aromatic rings. The van der Waals surface area contributed by atoms with Crippen molar-refractivity contribution in [1.29, 1.82) is 0 Å². The van der Waals surface area contributed by atoms with Crippen LogP contribution in [-0.4, -0.2) is 28.4 Å². The number of hydrogen-bond donors (Lipinski definition) is 2. The molecule has 2 aromatic heterocycles. The third-order valence-electron chi connectivity index (χ3n) is 5.11. The predicted molar refractivity (Wildman–Crippen MR) is 115 cm³/mol. The molecule has 0 bridgehead atoms. The summed E-state index contributed by atoms with van der Waals surface area (Å²) in [6.07, 6.45) is 8.57. The topological polar surface area (TPSA) is 53.7 Å². The minimum atomic E-state index is 0. The number of guanidine groups is 1. The lowest BCUT2D eigenvalue weighted by molar-refractivity contribution is 0.298. The van der Waals surface area contributed by atoms with Crippen LogP contribution in [0, 0.1) is 12.8 Å². The molecule has 3 rings (SSSR count). The molecule has 1 aliphatic rings. The van der Waals surface area contributed by atoms with E-state index in [1.54, 1.807) is 0 Å². The molecule has 2 atom stereocenters. The number of imidazole rings is 1. The van der Waals surface area contributed by atoms with E-state index in [-0.39, 0.29) is 24.0 Å². The van der Waals surface area contributed by atoms with Gasteiger partial charge in [0, 0.05) is 25.0 Å². The average Bonchev–Trinajstić information content (AvgIpc) is 3.03. The van der Waals surface area contributed by atoms with Gasteiger partial charge < -0.3 is 15.0 Å². The van der Waals surface area contributed by atoms with Crippen molar-refractivity contribution in [3.05, 3.63) is 35.8 Å². The van der Waals surface area contributed by atoms with E-state index < -0.39 is 0 Å². The maximum atomic E-state index is 4.67. The number of aromatic nitrogens is 2. The summed E-state index contributed by atoms with van der Waals surface area (Å²) >= 11 is 0. The normalized spacial score (nSPS) is 21.0. The van der Waals surface area contributed by atoms with Gasteiger partial charge in [-0.1, -0.05) is 32.3 Å². The van der Waals surface area contributed by atoms with Gasteiger partial charge in [-0.15, -0.1) is 24.0 Å². The Labute approximate surface area is 167 Å². The standard InChI is InChI=1S/C19H29N5.HI/c1-4-15-8-6-9-16(11-15)23-19(20-3)21-12-17-13-24-14(2)7-5-10-18(24)22-17;/h5,7,10,13,15-16H,4,6,8-9,11-12H2,1-3H3,(H2,20,21,23);1H. The number of aliphatic imine (C=N–C) groups is 1. The molecular weight excluding hydrogens is 425 g/mol. The first kappa shape index (κ1) is 20.0. The van der Waals surface area contributed by atoms with Crippen LogP contribution in [0.3, 0.4) is 0 Å². The van der Waals surface area contributed by atoms with Crippen molar-refractivity contribution < 1.29 is 0 Å². The molecule has 1 fully saturated rings. The molecule has 5 nitrogen and oxygen atoms in total. The second-order valence-electron chi connectivity index (χ2n) is 6.84. The molecule has 0 spiro atoms. The number of fused-ring (bicyclic) bond motifs is 1. The molecule has 1 aliphatic carbocycles. The van der Waals surface area contributed by atoms with E-state index in [9.17, 15) is 0 Å². The Morgan fingerprint density at radius 3 is 2.92 bits per heavy atom. The molecule has 0 aromatic carbocycles. The Balaban J connectivity index is 0.00000225. The van der Waals surface area contributed by atoms with E-state index in [2.05, 4.69) is 51.1 Å². The van der Waals surface area contributed by atoms with Gasteiger partial charge in [-0.25, -0.2) is 4.98 Å². The minimum Gasteiger partial charge on any atom is -0.354 e. The number of rotatable bonds is 4. The van der Waals surface area contributed by atoms with Crippen LogP contribution >= 0.6 is 24.0 Å². The second-order valence-corrected chi connectivity index (χ2v) is 6.84. The van der Waals surface area contributed by atoms with Crippen molar-refractivity contribution >= 4 is 35.6 Å². The van der Waals surface area contributed by atoms with Crippen LogP contribution in [-0.2, 0) is 6.54 Å². The van der Waals surface area contributed by atoms with Crippen LogP contribution in [0.25, 0.3) is 5.65 Å². The van der Waals surface area contributed by atoms with E-state index in [1.807, 2.05) is 19.2 Å². The summed E-state index contributed by atoms with van der Waals surface area (Å²) in [5, 5.41) is 7.00. The highest BCUT2D eigenvalue weighted by atomic mass is 127. The van der Waals surface area contributed by atoms with E-state index in [4.69, 9.17) is 0 Å². The Morgan fingerprint density at radius 1 is 1.36 bits per heavy atom. The van der Waals surface area contributed by atoms with Crippen molar-refractivity contribution in [3.8, 4) is 0 Å². The maximum Gasteiger partial charge on any atom is 0.191 e. The number of nitrogens with zero attached hydrogens (tertiary/aromatic N) is 3. The lowest BCUT2D eigenvalue weighted by Crippen LogP contribution is -2.45. The molecular formula is C19H30IN5. The smallest absolute Gasteiger partial charge is 0.191 e. The summed E-state index contributed by atoms with van der Waals surface area (Å²) < 4.78 is 2.13. The predicted octanol–water partition coefficient (Wildman–Crippen LogP) is 3.89. The molecule has 2 heterocycles. The van der Waals surface area contributed by atoms with Crippen LogP contribution in [0.1, 0.15) is 50.4 Å². The Bertz CT molecular complexity index is 709. The fourth-order valence-corrected chi connectivity index (χ4v) is 3.64. The average molecular weight is 455 g/mol. The van der Waals surface area contributed by atoms with Crippen LogP contribution in [0.15, 0.2) is 29.4 Å². The van der Waals surface area contributed by atoms with Gasteiger partial charge in [-0.2, -0.15) is 0 Å². The van der Waals surface area contributed by atoms with Crippen molar-refractivity contribution in [2.24, 2.45) is 10.9 Å². The summed E-state index contributed by atoms with van der Waals surface area (Å²) in [4.78, 5) is 9.05. The molecule has 25 heavy (non-hydrogen) atoms. The molecule has 0 radical (unpaired) electrons. The highest BCUT2D eigenvalue weighted by Gasteiger charge is 2.21. The Kier molecular flexibility index (Phi) is 7.53. The Morgan fingerprint density at radius 2 is 2.20 bits per heavy atom. The molecule has 0 aliphatic heterocycles. The molecule has 6 heteroatoms. The van der Waals surface area contributed by atoms with Gasteiger partial charge >= 0.3 is 0 Å². The molecule has 0 saturated heterocycles. The van der Waals surface area contributed by atoms with E-state index >= 15 is 0 Å². The molecule has 1 saturated carbocycles. The summed E-state index contributed by atoms with van der Waals surface area (Å²) in [7, 11) is 1.84. The number of nitrogens with one attached hydrogen (secondary N) is 2. The van der Waals surface area contributed by atoms with Gasteiger partial charge in [0.2, 0.25) is 0 Å². The zero-order chi connectivity index (χ0) is 16.9. The van der Waals surface area contributed by atoms with Crippen molar-refractivity contribution in [2.45, 2.75) is 58.5 Å². The summed E-state index contributed by atoms with van der Waals surface area (Å²) in [6, 6.07) is 6.72. The van der Waals surface area contributed by atoms with Crippen LogP contribution < -0.4 is 10.6 Å². The minimum absolute atomic E-state index is 0. The van der Waals surface area contributed by atoms with Gasteiger partial charge in [0.15, 0.2) is 5.96 Å². The van der Waals surface area contributed by atoms with Crippen LogP contribution in [0.2, 0.25) is 0 Å². The van der Waals surface area contributed by atoms with Crippen molar-refractivity contribution in [1.82, 2.24) is 20.0 Å². The van der Waals surface area contributed by atoms with Crippen LogP contribution in [0.5, 0.6) is 0 Å². The molecule has 2 N–H and O–H groups in total. The summed E-state index contributed by atoms with van der Waals surface area (Å²) in [5.41, 5.74) is 3.22. The first-order valence-electron chi connectivity index (χ1n) is 9.10. The van der Waals surface area contributed by atoms with E-state index in [0.29, 0.717) is 12.6 Å². The number of halogens is 1. The SMILES string of the molecule is CCC1CCCC(NC(=NC)NCc2cn3c(C)cccc3n2)C1.I. The third kappa shape index (κ3) is 5.09. The van der Waals surface area contributed by atoms with E-state index in [1.165, 1.54) is 37.8 Å². The number of pyridine rings is 1. The van der Waals surface area contributed by atoms with Crippen molar-refractivity contribution in [3.63, 3.8) is 0 Å². The lowest BCUT2D eigenvalue weighted by atomic mass is 9.84. The third-order valence-corrected chi connectivity index (χ3v) is 5.11. The fourth-order valence-electron chi connectivity index (χ4n) is 3.64. The first-order chi connectivity index (χ1) is 11.7. The van der Waals surface area contributed by atoms with E-state index in [0.717, 1.165) is 23.2 Å². The number of hydrogen-bond acceptors (Lipinski definition) is 2. The zero-order valence-electron chi connectivity index (χ0n) is 15.5. The van der Waals surface area contributed by atoms with Gasteiger partial charge in [0.05, 0.1) is 12.2 Å². The van der Waals surface area contributed by atoms with Gasteiger partial charge in [-0.05, 0) is 37.8 Å². The Hall–Kier alpha value is -1.31. The molecule has 0 amide bonds. The van der Waals surface area contributed by atoms with Crippen molar-refractivity contribution in [2.75, 3.05) is 7.05 Å². The fraction of sp³-hybridized carbons (Fsp3) is 0.579. The molecule has 2 unspecified atom stereocenters. The molecule has 138 valence electrons. The summed E-state index contributed by atoms with van der Waals surface area (Å²) in [6.45, 7) is 5.08. The second kappa shape index (κ2) is 9.40. The quantitative estimate of drug-likeness (QED) is 0.418. The highest BCUT2D eigenvalue weighted by Crippen LogP contribution is 2.26. The lowest BCUT2D eigenvalue weighted by Gasteiger charge is -2.30. The van der Waals surface area contributed by atoms with Gasteiger partial charge in [-0.3, -0.25) is 4.99 Å². The van der Waals surface area contributed by atoms with Gasteiger partial charge in [0.1, 0.15) is 5.65 Å².